The molecule has 0 unspecified atom stereocenters. The van der Waals surface area contributed by atoms with Crippen molar-refractivity contribution in [3.8, 4) is 0 Å². The van der Waals surface area contributed by atoms with Crippen molar-refractivity contribution in [2.45, 2.75) is 39.2 Å². The summed E-state index contributed by atoms with van der Waals surface area (Å²) in [6, 6.07) is 11.1. The highest BCUT2D eigenvalue weighted by molar-refractivity contribution is 5.84. The van der Waals surface area contributed by atoms with Gasteiger partial charge in [0.15, 0.2) is 0 Å². The Bertz CT molecular complexity index is 702. The predicted molar refractivity (Wildman–Crippen MR) is 99.8 cm³/mol. The van der Waals surface area contributed by atoms with Crippen molar-refractivity contribution in [2.75, 3.05) is 12.3 Å². The Morgan fingerprint density at radius 1 is 1.00 bits per heavy atom. The highest BCUT2D eigenvalue weighted by Gasteiger charge is 2.14. The number of hydrogen-bond acceptors (Lipinski definition) is 5. The van der Waals surface area contributed by atoms with E-state index < -0.39 is 0 Å². The molecule has 2 rings (SSSR count). The number of anilines is 1. The third-order valence-electron chi connectivity index (χ3n) is 3.99. The molecule has 0 saturated heterocycles. The van der Waals surface area contributed by atoms with Gasteiger partial charge in [0.25, 0.3) is 0 Å². The molecule has 0 aliphatic heterocycles. The molecule has 0 fully saturated rings. The van der Waals surface area contributed by atoms with Crippen LogP contribution in [0.5, 0.6) is 0 Å². The number of aryl methyl sites for hydroxylation is 1. The molecular weight excluding hydrogens is 330 g/mol. The summed E-state index contributed by atoms with van der Waals surface area (Å²) in [4.78, 5) is 33.8. The molecule has 0 bridgehead atoms. The van der Waals surface area contributed by atoms with Crippen LogP contribution < -0.4 is 5.73 Å². The number of ketones is 1. The fourth-order valence-corrected chi connectivity index (χ4v) is 2.44. The van der Waals surface area contributed by atoms with Crippen LogP contribution in [0.1, 0.15) is 37.3 Å². The minimum Gasteiger partial charge on any atom is -0.399 e. The largest absolute Gasteiger partial charge is 0.399 e. The van der Waals surface area contributed by atoms with E-state index in [1.165, 1.54) is 5.06 Å². The van der Waals surface area contributed by atoms with Crippen LogP contribution in [-0.2, 0) is 27.5 Å². The van der Waals surface area contributed by atoms with E-state index in [2.05, 4.69) is 4.98 Å². The number of nitrogens with two attached hydrogens (primary N) is 1. The van der Waals surface area contributed by atoms with Gasteiger partial charge in [-0.1, -0.05) is 12.1 Å². The fraction of sp³-hybridized carbons (Fsp3) is 0.350. The first kappa shape index (κ1) is 19.6. The Morgan fingerprint density at radius 3 is 2.35 bits per heavy atom. The van der Waals surface area contributed by atoms with Crippen molar-refractivity contribution in [3.05, 3.63) is 59.9 Å². The average Bonchev–Trinajstić information content (AvgIpc) is 2.67. The molecule has 2 aromatic rings. The maximum atomic E-state index is 12.2. The smallest absolute Gasteiger partial charge is 0.246 e. The monoisotopic (exact) mass is 355 g/mol. The Morgan fingerprint density at radius 2 is 1.69 bits per heavy atom. The van der Waals surface area contributed by atoms with Crippen molar-refractivity contribution < 1.29 is 14.4 Å². The lowest BCUT2D eigenvalue weighted by atomic mass is 10.0. The molecule has 1 aromatic carbocycles. The van der Waals surface area contributed by atoms with Crippen LogP contribution in [0.25, 0.3) is 0 Å². The van der Waals surface area contributed by atoms with Crippen molar-refractivity contribution in [1.29, 1.82) is 0 Å². The van der Waals surface area contributed by atoms with E-state index in [0.717, 1.165) is 11.1 Å². The zero-order valence-electron chi connectivity index (χ0n) is 15.1. The standard InChI is InChI=1S/C20H25N3O3/c1-2-23(26-15-17-11-13-22-14-12-17)20(25)10-9-19(24)8-5-16-3-6-18(21)7-4-16/h3-4,6-7,11-14H,2,5,8-10,15,21H2,1H3. The van der Waals surface area contributed by atoms with Crippen molar-refractivity contribution >= 4 is 17.4 Å². The number of rotatable bonds is 10. The van der Waals surface area contributed by atoms with Crippen LogP contribution in [0.3, 0.4) is 0 Å². The van der Waals surface area contributed by atoms with E-state index in [4.69, 9.17) is 10.6 Å². The molecule has 6 nitrogen and oxygen atoms in total. The third kappa shape index (κ3) is 6.64. The van der Waals surface area contributed by atoms with E-state index in [-0.39, 0.29) is 24.5 Å². The molecule has 0 spiro atoms. The summed E-state index contributed by atoms with van der Waals surface area (Å²) in [7, 11) is 0. The van der Waals surface area contributed by atoms with Gasteiger partial charge in [0, 0.05) is 43.9 Å². The lowest BCUT2D eigenvalue weighted by Gasteiger charge is -2.20. The van der Waals surface area contributed by atoms with Crippen LogP contribution in [0, 0.1) is 0 Å². The number of nitrogen functional groups attached to an aromatic ring is 1. The van der Waals surface area contributed by atoms with Crippen LogP contribution in [-0.4, -0.2) is 28.3 Å². The minimum absolute atomic E-state index is 0.0698. The molecule has 1 heterocycles. The lowest BCUT2D eigenvalue weighted by molar-refractivity contribution is -0.190. The quantitative estimate of drug-likeness (QED) is 0.523. The Hall–Kier alpha value is -2.73. The van der Waals surface area contributed by atoms with Crippen molar-refractivity contribution in [2.24, 2.45) is 0 Å². The Balaban J connectivity index is 1.71. The molecule has 138 valence electrons. The summed E-state index contributed by atoms with van der Waals surface area (Å²) in [6.45, 7) is 2.57. The number of Topliss-reactive ketones (excluding diaryl/α,β-unsaturated/α-hetero) is 1. The first-order chi connectivity index (χ1) is 12.6. The summed E-state index contributed by atoms with van der Waals surface area (Å²) >= 11 is 0. The van der Waals surface area contributed by atoms with E-state index >= 15 is 0 Å². The summed E-state index contributed by atoms with van der Waals surface area (Å²) in [5.74, 6) is -0.109. The minimum atomic E-state index is -0.178. The van der Waals surface area contributed by atoms with Crippen molar-refractivity contribution in [1.82, 2.24) is 10.0 Å². The molecule has 0 atom stereocenters. The first-order valence-corrected chi connectivity index (χ1v) is 8.76. The molecule has 0 aliphatic rings. The third-order valence-corrected chi connectivity index (χ3v) is 3.99. The maximum Gasteiger partial charge on any atom is 0.246 e. The predicted octanol–water partition coefficient (Wildman–Crippen LogP) is 2.93. The molecule has 1 amide bonds. The van der Waals surface area contributed by atoms with E-state index in [1.807, 2.05) is 43.3 Å². The summed E-state index contributed by atoms with van der Waals surface area (Å²) in [5.41, 5.74) is 8.35. The van der Waals surface area contributed by atoms with Gasteiger partial charge in [-0.05, 0) is 48.7 Å². The number of hydroxylamine groups is 2. The second-order valence-electron chi connectivity index (χ2n) is 6.00. The molecule has 1 aromatic heterocycles. The molecular formula is C20H25N3O3. The van der Waals surface area contributed by atoms with Gasteiger partial charge < -0.3 is 5.73 Å². The zero-order valence-corrected chi connectivity index (χ0v) is 15.1. The number of carbonyl (C=O) groups excluding carboxylic acids is 2. The van der Waals surface area contributed by atoms with Gasteiger partial charge in [-0.2, -0.15) is 0 Å². The van der Waals surface area contributed by atoms with Gasteiger partial charge in [0.2, 0.25) is 5.91 Å². The van der Waals surface area contributed by atoms with Crippen LogP contribution in [0.15, 0.2) is 48.8 Å². The Labute approximate surface area is 153 Å². The Kier molecular flexibility index (Phi) is 7.76. The summed E-state index contributed by atoms with van der Waals surface area (Å²) in [5, 5.41) is 1.31. The number of hydrogen-bond donors (Lipinski definition) is 1. The SMILES string of the molecule is CCN(OCc1ccncc1)C(=O)CCC(=O)CCc1ccc(N)cc1. The van der Waals surface area contributed by atoms with E-state index in [9.17, 15) is 9.59 Å². The molecule has 0 radical (unpaired) electrons. The van der Waals surface area contributed by atoms with E-state index in [0.29, 0.717) is 31.7 Å². The van der Waals surface area contributed by atoms with E-state index in [1.54, 1.807) is 12.4 Å². The van der Waals surface area contributed by atoms with Gasteiger partial charge >= 0.3 is 0 Å². The summed E-state index contributed by atoms with van der Waals surface area (Å²) < 4.78 is 0. The number of benzene rings is 1. The molecule has 0 aliphatic carbocycles. The highest BCUT2D eigenvalue weighted by Crippen LogP contribution is 2.10. The molecule has 6 heteroatoms. The first-order valence-electron chi connectivity index (χ1n) is 8.76. The second kappa shape index (κ2) is 10.3. The van der Waals surface area contributed by atoms with Gasteiger partial charge in [-0.25, -0.2) is 5.06 Å². The second-order valence-corrected chi connectivity index (χ2v) is 6.00. The van der Waals surface area contributed by atoms with Crippen LogP contribution in [0.4, 0.5) is 5.69 Å². The normalized spacial score (nSPS) is 10.5. The number of nitrogens with zero attached hydrogens (tertiary/aromatic N) is 2. The number of amides is 1. The average molecular weight is 355 g/mol. The molecule has 2 N–H and O–H groups in total. The van der Waals surface area contributed by atoms with Gasteiger partial charge in [0.1, 0.15) is 12.4 Å². The zero-order chi connectivity index (χ0) is 18.8. The van der Waals surface area contributed by atoms with Crippen molar-refractivity contribution in [3.63, 3.8) is 0 Å². The lowest BCUT2D eigenvalue weighted by Crippen LogP contribution is -2.31. The number of aromatic nitrogens is 1. The molecule has 26 heavy (non-hydrogen) atoms. The van der Waals surface area contributed by atoms with Gasteiger partial charge in [0.05, 0.1) is 0 Å². The van der Waals surface area contributed by atoms with Gasteiger partial charge in [-0.3, -0.25) is 19.4 Å². The van der Waals surface area contributed by atoms with Gasteiger partial charge in [-0.15, -0.1) is 0 Å². The molecule has 0 saturated carbocycles. The maximum absolute atomic E-state index is 12.2. The van der Waals surface area contributed by atoms with Crippen LogP contribution >= 0.6 is 0 Å². The highest BCUT2D eigenvalue weighted by atomic mass is 16.7. The number of carbonyl (C=O) groups is 2. The topological polar surface area (TPSA) is 85.5 Å². The fourth-order valence-electron chi connectivity index (χ4n) is 2.44. The number of pyridine rings is 1. The summed E-state index contributed by atoms with van der Waals surface area (Å²) in [6.07, 6.45) is 4.81. The van der Waals surface area contributed by atoms with Crippen LogP contribution in [0.2, 0.25) is 0 Å².